The molecule has 2 aliphatic heterocycles. The number of rotatable bonds is 8. The second-order valence-electron chi connectivity index (χ2n) is 34.2. The average Bonchev–Trinajstić information content (AvgIpc) is 1.17. The molecule has 15 rings (SSSR count). The Morgan fingerprint density at radius 2 is 0.740 bits per heavy atom. The summed E-state index contributed by atoms with van der Waals surface area (Å²) in [5, 5.41) is 2.41. The smallest absolute Gasteiger partial charge is 0.252 e. The van der Waals surface area contributed by atoms with Gasteiger partial charge in [-0.05, 0) is 190 Å². The van der Waals surface area contributed by atoms with Crippen LogP contribution in [0, 0.1) is 0 Å². The van der Waals surface area contributed by atoms with Gasteiger partial charge in [0.1, 0.15) is 0 Å². The zero-order chi connectivity index (χ0) is 74.7. The molecule has 2 aromatic heterocycles. The van der Waals surface area contributed by atoms with Crippen LogP contribution in [0.5, 0.6) is 0 Å². The van der Waals surface area contributed by atoms with E-state index in [-0.39, 0.29) is 56.8 Å². The third kappa shape index (κ3) is 11.6. The maximum absolute atomic E-state index is 9.64. The summed E-state index contributed by atoms with van der Waals surface area (Å²) in [7, 11) is 0. The van der Waals surface area contributed by atoms with Crippen molar-refractivity contribution in [1.82, 2.24) is 9.55 Å². The lowest BCUT2D eigenvalue weighted by molar-refractivity contribution is 0.569. The summed E-state index contributed by atoms with van der Waals surface area (Å²) >= 11 is 0. The van der Waals surface area contributed by atoms with Crippen LogP contribution in [0.15, 0.2) is 249 Å². The molecule has 0 bridgehead atoms. The first kappa shape index (κ1) is 60.0. The molecule has 0 saturated heterocycles. The van der Waals surface area contributed by atoms with Crippen molar-refractivity contribution in [2.24, 2.45) is 0 Å². The van der Waals surface area contributed by atoms with Gasteiger partial charge in [0.25, 0.3) is 6.71 Å². The number of fused-ring (bicyclic) bond motifs is 7. The summed E-state index contributed by atoms with van der Waals surface area (Å²) in [5.74, 6) is 0. The monoisotopic (exact) mass is 1310 g/mol. The number of pyridine rings is 1. The van der Waals surface area contributed by atoms with Crippen LogP contribution in [0.3, 0.4) is 0 Å². The van der Waals surface area contributed by atoms with E-state index in [2.05, 4.69) is 351 Å². The van der Waals surface area contributed by atoms with Crippen molar-refractivity contribution in [3.63, 3.8) is 0 Å². The van der Waals surface area contributed by atoms with Gasteiger partial charge in [-0.2, -0.15) is 0 Å². The molecule has 0 N–H and O–H groups in total. The molecule has 0 atom stereocenters. The molecule has 4 nitrogen and oxygen atoms in total. The minimum atomic E-state index is -0.443. The van der Waals surface area contributed by atoms with E-state index in [1.165, 1.54) is 33.0 Å². The zero-order valence-electron chi connectivity index (χ0n) is 66.7. The van der Waals surface area contributed by atoms with Gasteiger partial charge in [0, 0.05) is 72.6 Å². The van der Waals surface area contributed by atoms with Crippen LogP contribution >= 0.6 is 0 Å². The Kier molecular flexibility index (Phi) is 14.3. The first-order chi connectivity index (χ1) is 49.5. The molecule has 11 aromatic carbocycles. The van der Waals surface area contributed by atoms with Crippen LogP contribution < -0.4 is 26.2 Å². The molecule has 0 amide bonds. The summed E-state index contributed by atoms with van der Waals surface area (Å²) in [4.78, 5) is 10.9. The maximum Gasteiger partial charge on any atom is 0.252 e. The number of nitrogens with zero attached hydrogens (tertiary/aromatic N) is 4. The van der Waals surface area contributed by atoms with E-state index < -0.39 is 18.2 Å². The fraction of sp³-hybridized carbons (Fsp3) is 0.253. The Morgan fingerprint density at radius 1 is 0.320 bits per heavy atom. The van der Waals surface area contributed by atoms with E-state index in [9.17, 15) is 2.74 Å². The highest BCUT2D eigenvalue weighted by Gasteiger charge is 2.47. The normalized spacial score (nSPS) is 14.1. The van der Waals surface area contributed by atoms with E-state index in [4.69, 9.17) is 9.10 Å². The summed E-state index contributed by atoms with van der Waals surface area (Å²) in [6, 6.07) is 79.6. The van der Waals surface area contributed by atoms with Crippen molar-refractivity contribution in [1.29, 1.82) is 0 Å². The molecular weight excluding hydrogens is 1210 g/mol. The number of hydrogen-bond donors (Lipinski definition) is 0. The Bertz CT molecular complexity index is 5510. The van der Waals surface area contributed by atoms with Crippen LogP contribution in [0.4, 0.5) is 34.1 Å². The van der Waals surface area contributed by atoms with Gasteiger partial charge in [0.15, 0.2) is 0 Å². The van der Waals surface area contributed by atoms with Crippen molar-refractivity contribution in [2.75, 3.05) is 9.80 Å². The van der Waals surface area contributed by atoms with Crippen molar-refractivity contribution in [3.8, 4) is 61.5 Å². The highest BCUT2D eigenvalue weighted by atomic mass is 15.2. The topological polar surface area (TPSA) is 24.3 Å². The highest BCUT2D eigenvalue weighted by Crippen LogP contribution is 2.56. The van der Waals surface area contributed by atoms with Gasteiger partial charge in [0.05, 0.1) is 35.0 Å². The average molecular weight is 1310 g/mol. The molecule has 0 fully saturated rings. The third-order valence-electron chi connectivity index (χ3n) is 20.9. The molecule has 100 heavy (non-hydrogen) atoms. The fourth-order valence-corrected chi connectivity index (χ4v) is 15.1. The van der Waals surface area contributed by atoms with Gasteiger partial charge >= 0.3 is 0 Å². The Balaban J connectivity index is 1.17. The summed E-state index contributed by atoms with van der Waals surface area (Å²) in [6.45, 7) is 40.8. The Hall–Kier alpha value is -9.97. The van der Waals surface area contributed by atoms with Crippen LogP contribution in [0.25, 0.3) is 83.3 Å². The molecule has 13 aromatic rings. The number of hydrogen-bond acceptors (Lipinski definition) is 3. The molecule has 5 heteroatoms. The minimum Gasteiger partial charge on any atom is -0.310 e. The van der Waals surface area contributed by atoms with Crippen LogP contribution in [-0.4, -0.2) is 16.3 Å². The van der Waals surface area contributed by atoms with Gasteiger partial charge in [-0.3, -0.25) is 4.98 Å². The van der Waals surface area contributed by atoms with E-state index in [0.29, 0.717) is 5.56 Å². The predicted octanol–water partition coefficient (Wildman–Crippen LogP) is 24.4. The van der Waals surface area contributed by atoms with Gasteiger partial charge in [-0.25, -0.2) is 0 Å². The molecule has 0 unspecified atom stereocenters. The minimum absolute atomic E-state index is 0.101. The fourth-order valence-electron chi connectivity index (χ4n) is 15.1. The predicted molar refractivity (Wildman–Crippen MR) is 432 cm³/mol. The standard InChI is InChI=1S/C95H95BN4/c1-90(2,3)65-43-48-80-74(51-65)75-52-66(91(4,5)6)44-49-81(75)98(80)70-45-47-78-83(59-70)100(89-73(63-38-29-22-30-39-63)55-68(93(10,11)12)56-76(89)79-40-31-41-86(97-79)95(16,17)18)85-58-69(94(13,14)15)57-84-87(85)96(78)77-46-42-64(60-32-23-19-24-33-60)50-82(77)99(84)88-71(61-34-25-20-26-35-61)53-67(92(7,8)9)54-72(88)62-36-27-21-28-37-62/h19-59H,1-18H3/i19D,23D,24D,32D,33D. The second-order valence-corrected chi connectivity index (χ2v) is 34.2. The van der Waals surface area contributed by atoms with Gasteiger partial charge < -0.3 is 14.4 Å². The molecule has 0 saturated carbocycles. The maximum atomic E-state index is 9.64. The van der Waals surface area contributed by atoms with Crippen LogP contribution in [0.2, 0.25) is 0 Å². The van der Waals surface area contributed by atoms with Gasteiger partial charge in [-0.1, -0.05) is 282 Å². The van der Waals surface area contributed by atoms with Crippen LogP contribution in [-0.2, 0) is 32.5 Å². The number of aromatic nitrogens is 2. The first-order valence-electron chi connectivity index (χ1n) is 38.2. The SMILES string of the molecule is [2H]c1c([2H])c([2H])c(-c2ccc3c(c2)N(c2c(-c4ccccc4)cc(C(C)(C)C)cc2-c2ccccc2)c2cc(C(C)(C)C)cc4c2B3c2ccc(-n3c5ccc(C(C)(C)C)cc5c5cc(C(C)(C)C)ccc53)cc2N4c2c(-c3ccccc3)cc(C(C)(C)C)cc2-c2cccc(C(C)(C)C)n2)c([2H])c1[2H]. The molecule has 0 radical (unpaired) electrons. The Labute approximate surface area is 602 Å². The molecule has 4 heterocycles. The lowest BCUT2D eigenvalue weighted by Crippen LogP contribution is -2.61. The third-order valence-corrected chi connectivity index (χ3v) is 20.9. The lowest BCUT2D eigenvalue weighted by Gasteiger charge is -2.47. The van der Waals surface area contributed by atoms with Gasteiger partial charge in [-0.15, -0.1) is 0 Å². The number of anilines is 6. The van der Waals surface area contributed by atoms with Crippen molar-refractivity contribution in [2.45, 2.75) is 157 Å². The summed E-state index contributed by atoms with van der Waals surface area (Å²) in [5.41, 5.74) is 26.6. The van der Waals surface area contributed by atoms with Crippen molar-refractivity contribution >= 4 is 79.0 Å². The molecule has 498 valence electrons. The van der Waals surface area contributed by atoms with E-state index in [1.54, 1.807) is 0 Å². The summed E-state index contributed by atoms with van der Waals surface area (Å²) in [6.07, 6.45) is 0. The lowest BCUT2D eigenvalue weighted by atomic mass is 9.33. The zero-order valence-corrected chi connectivity index (χ0v) is 61.7. The van der Waals surface area contributed by atoms with Crippen molar-refractivity contribution in [3.05, 3.63) is 282 Å². The molecule has 0 spiro atoms. The quantitative estimate of drug-likeness (QED) is 0.142. The molecule has 0 aliphatic carbocycles. The Morgan fingerprint density at radius 3 is 1.19 bits per heavy atom. The van der Waals surface area contributed by atoms with Crippen molar-refractivity contribution < 1.29 is 6.85 Å². The van der Waals surface area contributed by atoms with E-state index >= 15 is 0 Å². The summed E-state index contributed by atoms with van der Waals surface area (Å²) < 4.78 is 48.8. The highest BCUT2D eigenvalue weighted by molar-refractivity contribution is 7.00. The second kappa shape index (κ2) is 23.9. The molecule has 2 aliphatic rings. The number of benzene rings is 11. The molecular formula is C95H95BN4. The van der Waals surface area contributed by atoms with E-state index in [0.717, 1.165) is 123 Å². The largest absolute Gasteiger partial charge is 0.310 e. The van der Waals surface area contributed by atoms with Crippen LogP contribution in [0.1, 0.15) is 165 Å². The first-order valence-corrected chi connectivity index (χ1v) is 35.7. The van der Waals surface area contributed by atoms with E-state index in [1.807, 2.05) is 6.07 Å². The van der Waals surface area contributed by atoms with Gasteiger partial charge in [0.2, 0.25) is 0 Å².